The fraction of sp³-hybridized carbons (Fsp3) is 0.600. The van der Waals surface area contributed by atoms with Crippen LogP contribution in [0, 0.1) is 0 Å². The summed E-state index contributed by atoms with van der Waals surface area (Å²) in [6.45, 7) is 6.61. The highest BCUT2D eigenvalue weighted by Crippen LogP contribution is 2.30. The van der Waals surface area contributed by atoms with Crippen molar-refractivity contribution in [3.05, 3.63) is 33.8 Å². The largest absolute Gasteiger partial charge is 0.377 e. The molecule has 0 aromatic heterocycles. The van der Waals surface area contributed by atoms with Crippen LogP contribution < -0.4 is 5.73 Å². The molecule has 3 nitrogen and oxygen atoms in total. The minimum atomic E-state index is -0.102. The molecule has 2 N–H and O–H groups in total. The van der Waals surface area contributed by atoms with Crippen LogP contribution in [0.25, 0.3) is 0 Å². The lowest BCUT2D eigenvalue weighted by Crippen LogP contribution is -2.27. The van der Waals surface area contributed by atoms with Gasteiger partial charge in [-0.15, -0.1) is 0 Å². The van der Waals surface area contributed by atoms with E-state index in [1.807, 2.05) is 26.0 Å². The van der Waals surface area contributed by atoms with Crippen molar-refractivity contribution in [2.45, 2.75) is 32.4 Å². The maximum Gasteiger partial charge on any atom is 0.0640 e. The molecule has 0 heterocycles. The molecule has 0 spiro atoms. The summed E-state index contributed by atoms with van der Waals surface area (Å²) in [4.78, 5) is 2.21. The summed E-state index contributed by atoms with van der Waals surface area (Å²) in [6, 6.07) is 5.48. The maximum absolute atomic E-state index is 6.19. The highest BCUT2D eigenvalue weighted by atomic mass is 35.5. The molecule has 1 rings (SSSR count). The van der Waals surface area contributed by atoms with Crippen LogP contribution in [-0.2, 0) is 4.74 Å². The minimum Gasteiger partial charge on any atom is -0.377 e. The van der Waals surface area contributed by atoms with E-state index in [2.05, 4.69) is 11.9 Å². The Labute approximate surface area is 132 Å². The second-order valence-electron chi connectivity index (χ2n) is 5.26. The number of halogens is 2. The molecule has 1 unspecified atom stereocenters. The normalized spacial score (nSPS) is 13.2. The zero-order valence-corrected chi connectivity index (χ0v) is 13.9. The van der Waals surface area contributed by atoms with Gasteiger partial charge >= 0.3 is 0 Å². The van der Waals surface area contributed by atoms with Crippen LogP contribution >= 0.6 is 23.2 Å². The third-order valence-corrected chi connectivity index (χ3v) is 3.96. The van der Waals surface area contributed by atoms with Gasteiger partial charge in [-0.05, 0) is 45.5 Å². The summed E-state index contributed by atoms with van der Waals surface area (Å²) in [5, 5.41) is 1.12. The lowest BCUT2D eigenvalue weighted by atomic mass is 10.0. The van der Waals surface area contributed by atoms with Gasteiger partial charge in [0.1, 0.15) is 0 Å². The van der Waals surface area contributed by atoms with Crippen molar-refractivity contribution in [1.29, 1.82) is 0 Å². The minimum absolute atomic E-state index is 0.102. The first kappa shape index (κ1) is 17.7. The Morgan fingerprint density at radius 3 is 2.60 bits per heavy atom. The van der Waals surface area contributed by atoms with Crippen LogP contribution in [-0.4, -0.2) is 37.7 Å². The Morgan fingerprint density at radius 2 is 1.95 bits per heavy atom. The van der Waals surface area contributed by atoms with Crippen LogP contribution in [0.2, 0.25) is 10.0 Å². The summed E-state index contributed by atoms with van der Waals surface area (Å²) in [6.07, 6.45) is 1.11. The number of hydrogen-bond donors (Lipinski definition) is 1. The van der Waals surface area contributed by atoms with Gasteiger partial charge in [0, 0.05) is 12.6 Å². The second-order valence-corrected chi connectivity index (χ2v) is 6.05. The first-order chi connectivity index (χ1) is 9.41. The fourth-order valence-corrected chi connectivity index (χ4v) is 2.33. The van der Waals surface area contributed by atoms with Gasteiger partial charge < -0.3 is 15.4 Å². The summed E-state index contributed by atoms with van der Waals surface area (Å²) in [5.41, 5.74) is 7.10. The molecule has 5 heteroatoms. The van der Waals surface area contributed by atoms with E-state index >= 15 is 0 Å². The van der Waals surface area contributed by atoms with Crippen molar-refractivity contribution >= 4 is 23.2 Å². The Morgan fingerprint density at radius 1 is 1.25 bits per heavy atom. The molecule has 0 aliphatic carbocycles. The van der Waals surface area contributed by atoms with Crippen LogP contribution in [0.4, 0.5) is 0 Å². The van der Waals surface area contributed by atoms with Crippen molar-refractivity contribution in [2.75, 3.05) is 26.7 Å². The lowest BCUT2D eigenvalue weighted by Gasteiger charge is -2.20. The highest BCUT2D eigenvalue weighted by Gasteiger charge is 2.13. The SMILES string of the molecule is CC(C)OCCN(C)CCC(N)c1cccc(Cl)c1Cl. The zero-order chi connectivity index (χ0) is 15.1. The average molecular weight is 319 g/mol. The predicted molar refractivity (Wildman–Crippen MR) is 86.6 cm³/mol. The monoisotopic (exact) mass is 318 g/mol. The van der Waals surface area contributed by atoms with Gasteiger partial charge in [-0.25, -0.2) is 0 Å². The first-order valence-electron chi connectivity index (χ1n) is 6.91. The molecule has 1 aromatic rings. The fourth-order valence-electron chi connectivity index (χ4n) is 1.88. The van der Waals surface area contributed by atoms with Gasteiger partial charge in [-0.2, -0.15) is 0 Å². The van der Waals surface area contributed by atoms with E-state index in [-0.39, 0.29) is 12.1 Å². The quantitative estimate of drug-likeness (QED) is 0.793. The molecule has 1 aromatic carbocycles. The molecule has 0 saturated heterocycles. The smallest absolute Gasteiger partial charge is 0.0640 e. The molecule has 0 radical (unpaired) electrons. The van der Waals surface area contributed by atoms with Gasteiger partial charge in [-0.3, -0.25) is 0 Å². The van der Waals surface area contributed by atoms with E-state index in [0.717, 1.165) is 31.7 Å². The van der Waals surface area contributed by atoms with Crippen molar-refractivity contribution in [1.82, 2.24) is 4.90 Å². The number of hydrogen-bond acceptors (Lipinski definition) is 3. The standard InChI is InChI=1S/C15H24Cl2N2O/c1-11(2)20-10-9-19(3)8-7-14(18)12-5-4-6-13(16)15(12)17/h4-6,11,14H,7-10,18H2,1-3H3. The molecule has 0 aliphatic heterocycles. The Balaban J connectivity index is 2.39. The predicted octanol–water partition coefficient (Wildman–Crippen LogP) is 3.74. The number of rotatable bonds is 8. The third kappa shape index (κ3) is 5.98. The van der Waals surface area contributed by atoms with Gasteiger partial charge in [0.05, 0.1) is 22.8 Å². The first-order valence-corrected chi connectivity index (χ1v) is 7.67. The lowest BCUT2D eigenvalue weighted by molar-refractivity contribution is 0.0634. The molecule has 0 bridgehead atoms. The third-order valence-electron chi connectivity index (χ3n) is 3.13. The average Bonchev–Trinajstić information content (AvgIpc) is 2.38. The van der Waals surface area contributed by atoms with Crippen molar-refractivity contribution in [3.8, 4) is 0 Å². The number of nitrogens with zero attached hydrogens (tertiary/aromatic N) is 1. The molecule has 114 valence electrons. The second kappa shape index (κ2) is 8.85. The molecule has 20 heavy (non-hydrogen) atoms. The molecular formula is C15H24Cl2N2O. The highest BCUT2D eigenvalue weighted by molar-refractivity contribution is 6.42. The van der Waals surface area contributed by atoms with Crippen molar-refractivity contribution < 1.29 is 4.74 Å². The summed E-state index contributed by atoms with van der Waals surface area (Å²) in [5.74, 6) is 0. The molecule has 0 aliphatic rings. The zero-order valence-electron chi connectivity index (χ0n) is 12.4. The summed E-state index contributed by atoms with van der Waals surface area (Å²) in [7, 11) is 2.07. The number of ether oxygens (including phenoxy) is 1. The summed E-state index contributed by atoms with van der Waals surface area (Å²) < 4.78 is 5.53. The van der Waals surface area contributed by atoms with E-state index < -0.39 is 0 Å². The van der Waals surface area contributed by atoms with Crippen molar-refractivity contribution in [3.63, 3.8) is 0 Å². The molecule has 1 atom stereocenters. The van der Waals surface area contributed by atoms with Crippen LogP contribution in [0.5, 0.6) is 0 Å². The van der Waals surface area contributed by atoms with E-state index in [0.29, 0.717) is 10.0 Å². The van der Waals surface area contributed by atoms with E-state index in [1.54, 1.807) is 6.07 Å². The molecule has 0 fully saturated rings. The number of nitrogens with two attached hydrogens (primary N) is 1. The van der Waals surface area contributed by atoms with Gasteiger partial charge in [0.25, 0.3) is 0 Å². The van der Waals surface area contributed by atoms with E-state index in [1.165, 1.54) is 0 Å². The van der Waals surface area contributed by atoms with Gasteiger partial charge in [0.2, 0.25) is 0 Å². The molecular weight excluding hydrogens is 295 g/mol. The summed E-state index contributed by atoms with van der Waals surface area (Å²) >= 11 is 12.2. The van der Waals surface area contributed by atoms with Crippen molar-refractivity contribution in [2.24, 2.45) is 5.73 Å². The Kier molecular flexibility index (Phi) is 7.85. The number of benzene rings is 1. The molecule has 0 saturated carbocycles. The number of likely N-dealkylation sites (N-methyl/N-ethyl adjacent to an activating group) is 1. The molecule has 0 amide bonds. The Hall–Kier alpha value is -0.320. The topological polar surface area (TPSA) is 38.5 Å². The van der Waals surface area contributed by atoms with E-state index in [9.17, 15) is 0 Å². The van der Waals surface area contributed by atoms with Crippen LogP contribution in [0.1, 0.15) is 31.9 Å². The van der Waals surface area contributed by atoms with E-state index in [4.69, 9.17) is 33.7 Å². The maximum atomic E-state index is 6.19. The van der Waals surface area contributed by atoms with Crippen LogP contribution in [0.3, 0.4) is 0 Å². The van der Waals surface area contributed by atoms with Gasteiger partial charge in [-0.1, -0.05) is 35.3 Å². The van der Waals surface area contributed by atoms with Crippen LogP contribution in [0.15, 0.2) is 18.2 Å². The Bertz CT molecular complexity index is 413. The van der Waals surface area contributed by atoms with Gasteiger partial charge in [0.15, 0.2) is 0 Å².